The molecule has 1 saturated heterocycles. The van der Waals surface area contributed by atoms with Crippen LogP contribution in [0.4, 0.5) is 0 Å². The molecule has 14 heavy (non-hydrogen) atoms. The molecular weight excluding hydrogens is 182 g/mol. The quantitative estimate of drug-likeness (QED) is 0.669. The topological polar surface area (TPSA) is 57.6 Å². The average Bonchev–Trinajstić information content (AvgIpc) is 2.14. The summed E-state index contributed by atoms with van der Waals surface area (Å²) in [5, 5.41) is 8.36. The van der Waals surface area contributed by atoms with Gasteiger partial charge >= 0.3 is 5.97 Å². The summed E-state index contributed by atoms with van der Waals surface area (Å²) in [6, 6.07) is 0. The van der Waals surface area contributed by atoms with Crippen LogP contribution in [0.3, 0.4) is 0 Å². The summed E-state index contributed by atoms with van der Waals surface area (Å²) in [5.41, 5.74) is 0. The number of carboxylic acid groups (broad SMARTS) is 1. The predicted octanol–water partition coefficient (Wildman–Crippen LogP) is 0.886. The number of amides is 1. The van der Waals surface area contributed by atoms with Gasteiger partial charge < -0.3 is 10.0 Å². The lowest BCUT2D eigenvalue weighted by molar-refractivity contribution is -0.132. The van der Waals surface area contributed by atoms with Gasteiger partial charge in [0.1, 0.15) is 0 Å². The van der Waals surface area contributed by atoms with E-state index in [4.69, 9.17) is 5.11 Å². The molecule has 0 spiro atoms. The fourth-order valence-corrected chi connectivity index (χ4v) is 1.64. The van der Waals surface area contributed by atoms with Gasteiger partial charge in [-0.1, -0.05) is 6.92 Å². The summed E-state index contributed by atoms with van der Waals surface area (Å²) < 4.78 is 0. The molecule has 0 aromatic carbocycles. The second-order valence-electron chi connectivity index (χ2n) is 3.70. The number of carbonyl (C=O) groups excluding carboxylic acids is 1. The lowest BCUT2D eigenvalue weighted by Gasteiger charge is -2.29. The van der Waals surface area contributed by atoms with Gasteiger partial charge in [-0.15, -0.1) is 0 Å². The maximum absolute atomic E-state index is 11.4. The van der Waals surface area contributed by atoms with E-state index in [9.17, 15) is 9.59 Å². The van der Waals surface area contributed by atoms with Gasteiger partial charge in [-0.3, -0.25) is 4.79 Å². The van der Waals surface area contributed by atoms with Gasteiger partial charge in [0.2, 0.25) is 5.91 Å². The fourth-order valence-electron chi connectivity index (χ4n) is 1.64. The summed E-state index contributed by atoms with van der Waals surface area (Å²) >= 11 is 0. The van der Waals surface area contributed by atoms with Crippen molar-refractivity contribution in [3.63, 3.8) is 0 Å². The van der Waals surface area contributed by atoms with Crippen LogP contribution >= 0.6 is 0 Å². The van der Waals surface area contributed by atoms with Gasteiger partial charge in [0.25, 0.3) is 0 Å². The predicted molar refractivity (Wildman–Crippen MR) is 51.8 cm³/mol. The molecule has 0 aromatic rings. The van der Waals surface area contributed by atoms with E-state index >= 15 is 0 Å². The summed E-state index contributed by atoms with van der Waals surface area (Å²) in [7, 11) is 0. The zero-order valence-corrected chi connectivity index (χ0v) is 8.27. The number of piperidine rings is 1. The van der Waals surface area contributed by atoms with Crippen LogP contribution in [0.2, 0.25) is 0 Å². The van der Waals surface area contributed by atoms with Crippen LogP contribution in [0.25, 0.3) is 0 Å². The molecule has 0 radical (unpaired) electrons. The second kappa shape index (κ2) is 4.79. The molecule has 1 aliphatic heterocycles. The van der Waals surface area contributed by atoms with E-state index in [1.54, 1.807) is 4.90 Å². The van der Waals surface area contributed by atoms with Gasteiger partial charge in [-0.05, 0) is 18.8 Å². The van der Waals surface area contributed by atoms with E-state index in [1.807, 2.05) is 0 Å². The summed E-state index contributed by atoms with van der Waals surface area (Å²) in [6.07, 6.45) is 4.17. The molecule has 1 N–H and O–H groups in total. The smallest absolute Gasteiger partial charge is 0.328 e. The minimum atomic E-state index is -1.08. The molecule has 1 amide bonds. The Morgan fingerprint density at radius 1 is 1.43 bits per heavy atom. The molecule has 0 bridgehead atoms. The van der Waals surface area contributed by atoms with Crippen molar-refractivity contribution >= 4 is 11.9 Å². The number of carboxylic acids is 1. The Kier molecular flexibility index (Phi) is 3.68. The molecule has 1 aliphatic rings. The first kappa shape index (κ1) is 10.8. The van der Waals surface area contributed by atoms with Crippen molar-refractivity contribution in [1.29, 1.82) is 0 Å². The van der Waals surface area contributed by atoms with Crippen LogP contribution in [0.15, 0.2) is 12.2 Å². The Balaban J connectivity index is 2.47. The van der Waals surface area contributed by atoms with Crippen LogP contribution in [0.1, 0.15) is 19.8 Å². The van der Waals surface area contributed by atoms with Crippen molar-refractivity contribution in [3.8, 4) is 0 Å². The maximum Gasteiger partial charge on any atom is 0.328 e. The third-order valence-electron chi connectivity index (χ3n) is 2.34. The third kappa shape index (κ3) is 3.20. The summed E-state index contributed by atoms with van der Waals surface area (Å²) in [4.78, 5) is 23.3. The lowest BCUT2D eigenvalue weighted by atomic mass is 10.0. The first-order valence-corrected chi connectivity index (χ1v) is 4.79. The average molecular weight is 197 g/mol. The standard InChI is InChI=1S/C10H15NO3/c1-8-3-2-6-11(7-8)9(12)4-5-10(13)14/h4-5,8H,2-3,6-7H2,1H3,(H,13,14). The minimum Gasteiger partial charge on any atom is -0.478 e. The number of carbonyl (C=O) groups is 2. The van der Waals surface area contributed by atoms with Gasteiger partial charge in [0, 0.05) is 25.2 Å². The van der Waals surface area contributed by atoms with Crippen LogP contribution in [-0.4, -0.2) is 35.0 Å². The van der Waals surface area contributed by atoms with Gasteiger partial charge in [-0.25, -0.2) is 4.79 Å². The largest absolute Gasteiger partial charge is 0.478 e. The third-order valence-corrected chi connectivity index (χ3v) is 2.34. The summed E-state index contributed by atoms with van der Waals surface area (Å²) in [5.74, 6) is -0.756. The molecule has 1 unspecified atom stereocenters. The highest BCUT2D eigenvalue weighted by molar-refractivity contribution is 5.93. The van der Waals surface area contributed by atoms with E-state index in [2.05, 4.69) is 6.92 Å². The second-order valence-corrected chi connectivity index (χ2v) is 3.70. The number of hydrogen-bond donors (Lipinski definition) is 1. The Hall–Kier alpha value is -1.32. The molecule has 0 aromatic heterocycles. The highest BCUT2D eigenvalue weighted by Gasteiger charge is 2.18. The Labute approximate surface area is 83.2 Å². The fraction of sp³-hybridized carbons (Fsp3) is 0.600. The Bertz CT molecular complexity index is 260. The van der Waals surface area contributed by atoms with Crippen LogP contribution in [0, 0.1) is 5.92 Å². The maximum atomic E-state index is 11.4. The van der Waals surface area contributed by atoms with E-state index in [1.165, 1.54) is 0 Å². The molecule has 0 saturated carbocycles. The monoisotopic (exact) mass is 197 g/mol. The first-order valence-electron chi connectivity index (χ1n) is 4.79. The molecule has 1 atom stereocenters. The van der Waals surface area contributed by atoms with Gasteiger partial charge in [0.05, 0.1) is 0 Å². The normalized spacial score (nSPS) is 22.6. The minimum absolute atomic E-state index is 0.195. The van der Waals surface area contributed by atoms with E-state index in [0.29, 0.717) is 5.92 Å². The molecular formula is C10H15NO3. The van der Waals surface area contributed by atoms with E-state index in [0.717, 1.165) is 38.1 Å². The molecule has 78 valence electrons. The zero-order valence-electron chi connectivity index (χ0n) is 8.27. The van der Waals surface area contributed by atoms with Crippen LogP contribution < -0.4 is 0 Å². The van der Waals surface area contributed by atoms with E-state index < -0.39 is 5.97 Å². The van der Waals surface area contributed by atoms with Crippen LogP contribution in [-0.2, 0) is 9.59 Å². The Morgan fingerprint density at radius 2 is 2.14 bits per heavy atom. The van der Waals surface area contributed by atoms with Gasteiger partial charge in [-0.2, -0.15) is 0 Å². The van der Waals surface area contributed by atoms with Crippen molar-refractivity contribution < 1.29 is 14.7 Å². The SMILES string of the molecule is CC1CCCN(C(=O)C=CC(=O)O)C1. The van der Waals surface area contributed by atoms with Crippen molar-refractivity contribution in [2.45, 2.75) is 19.8 Å². The Morgan fingerprint density at radius 3 is 2.71 bits per heavy atom. The molecule has 4 heteroatoms. The number of aliphatic carboxylic acids is 1. The molecule has 0 aliphatic carbocycles. The highest BCUT2D eigenvalue weighted by atomic mass is 16.4. The number of nitrogens with zero attached hydrogens (tertiary/aromatic N) is 1. The number of likely N-dealkylation sites (tertiary alicyclic amines) is 1. The van der Waals surface area contributed by atoms with Crippen molar-refractivity contribution in [3.05, 3.63) is 12.2 Å². The lowest BCUT2D eigenvalue weighted by Crippen LogP contribution is -2.38. The zero-order chi connectivity index (χ0) is 10.6. The van der Waals surface area contributed by atoms with Crippen LogP contribution in [0.5, 0.6) is 0 Å². The van der Waals surface area contributed by atoms with E-state index in [-0.39, 0.29) is 5.91 Å². The molecule has 1 fully saturated rings. The van der Waals surface area contributed by atoms with Crippen molar-refractivity contribution in [2.75, 3.05) is 13.1 Å². The molecule has 1 rings (SSSR count). The summed E-state index contributed by atoms with van der Waals surface area (Å²) in [6.45, 7) is 3.58. The highest BCUT2D eigenvalue weighted by Crippen LogP contribution is 2.15. The number of rotatable bonds is 2. The number of hydrogen-bond acceptors (Lipinski definition) is 2. The van der Waals surface area contributed by atoms with Crippen molar-refractivity contribution in [2.24, 2.45) is 5.92 Å². The van der Waals surface area contributed by atoms with Gasteiger partial charge in [0.15, 0.2) is 0 Å². The molecule has 1 heterocycles. The first-order chi connectivity index (χ1) is 6.59. The molecule has 4 nitrogen and oxygen atoms in total. The van der Waals surface area contributed by atoms with Crippen molar-refractivity contribution in [1.82, 2.24) is 4.90 Å².